The fraction of sp³-hybridized carbons (Fsp3) is 0.308. The Morgan fingerprint density at radius 2 is 2.21 bits per heavy atom. The van der Waals surface area contributed by atoms with Gasteiger partial charge in [0.25, 0.3) is 0 Å². The molecule has 0 bridgehead atoms. The Morgan fingerprint density at radius 1 is 1.37 bits per heavy atom. The highest BCUT2D eigenvalue weighted by atomic mass is 32.1. The summed E-state index contributed by atoms with van der Waals surface area (Å²) in [6.45, 7) is 3.86. The van der Waals surface area contributed by atoms with E-state index >= 15 is 0 Å². The van der Waals surface area contributed by atoms with Gasteiger partial charge in [-0.1, -0.05) is 0 Å². The number of fused-ring (bicyclic) bond motifs is 1. The molecule has 5 nitrogen and oxygen atoms in total. The summed E-state index contributed by atoms with van der Waals surface area (Å²) in [6, 6.07) is 1.91. The van der Waals surface area contributed by atoms with Crippen LogP contribution in [0.4, 0.5) is 0 Å². The molecule has 0 saturated carbocycles. The number of aryl methyl sites for hydroxylation is 2. The topological polar surface area (TPSA) is 69.1 Å². The Bertz CT molecular complexity index is 686. The minimum atomic E-state index is -0.0983. The van der Waals surface area contributed by atoms with Crippen LogP contribution in [0.25, 0.3) is 4.96 Å². The summed E-state index contributed by atoms with van der Waals surface area (Å²) in [6.07, 6.45) is 4.74. The Kier molecular flexibility index (Phi) is 3.04. The van der Waals surface area contributed by atoms with E-state index in [4.69, 9.17) is 5.73 Å². The molecule has 0 saturated heterocycles. The number of imidazole rings is 1. The molecule has 0 aliphatic heterocycles. The Balaban J connectivity index is 1.86. The average molecular weight is 273 g/mol. The van der Waals surface area contributed by atoms with Crippen molar-refractivity contribution in [3.05, 3.63) is 46.5 Å². The van der Waals surface area contributed by atoms with Crippen LogP contribution < -0.4 is 5.73 Å². The van der Waals surface area contributed by atoms with Crippen LogP contribution >= 0.6 is 11.3 Å². The largest absolute Gasteiger partial charge is 0.324 e. The summed E-state index contributed by atoms with van der Waals surface area (Å²) >= 11 is 1.63. The number of nitrogens with zero attached hydrogens (tertiary/aromatic N) is 4. The van der Waals surface area contributed by atoms with Crippen LogP contribution in [-0.4, -0.2) is 19.6 Å². The Labute approximate surface area is 115 Å². The van der Waals surface area contributed by atoms with Crippen molar-refractivity contribution < 1.29 is 0 Å². The maximum Gasteiger partial charge on any atom is 0.193 e. The third-order valence-corrected chi connectivity index (χ3v) is 3.88. The zero-order chi connectivity index (χ0) is 13.4. The molecule has 3 heterocycles. The highest BCUT2D eigenvalue weighted by Crippen LogP contribution is 2.20. The van der Waals surface area contributed by atoms with Crippen molar-refractivity contribution in [2.24, 2.45) is 5.73 Å². The lowest BCUT2D eigenvalue weighted by molar-refractivity contribution is 0.690. The van der Waals surface area contributed by atoms with Crippen LogP contribution in [0.3, 0.4) is 0 Å². The first kappa shape index (κ1) is 12.3. The highest BCUT2D eigenvalue weighted by Gasteiger charge is 2.14. The molecule has 1 atom stereocenters. The van der Waals surface area contributed by atoms with Gasteiger partial charge in [-0.3, -0.25) is 4.40 Å². The van der Waals surface area contributed by atoms with E-state index in [9.17, 15) is 0 Å². The van der Waals surface area contributed by atoms with Gasteiger partial charge in [0.05, 0.1) is 17.1 Å². The third-order valence-electron chi connectivity index (χ3n) is 3.11. The Hall–Kier alpha value is -1.79. The van der Waals surface area contributed by atoms with E-state index in [1.165, 1.54) is 0 Å². The van der Waals surface area contributed by atoms with E-state index in [0.29, 0.717) is 6.42 Å². The minimum Gasteiger partial charge on any atom is -0.324 e. The van der Waals surface area contributed by atoms with Crippen molar-refractivity contribution in [2.75, 3.05) is 0 Å². The lowest BCUT2D eigenvalue weighted by Gasteiger charge is -2.12. The van der Waals surface area contributed by atoms with Crippen LogP contribution in [-0.2, 0) is 6.42 Å². The van der Waals surface area contributed by atoms with E-state index in [-0.39, 0.29) is 6.04 Å². The van der Waals surface area contributed by atoms with Crippen LogP contribution in [0.15, 0.2) is 23.8 Å². The zero-order valence-corrected chi connectivity index (χ0v) is 11.7. The summed E-state index contributed by atoms with van der Waals surface area (Å²) in [5.41, 5.74) is 10.1. The van der Waals surface area contributed by atoms with Gasteiger partial charge in [0.1, 0.15) is 0 Å². The first-order chi connectivity index (χ1) is 9.13. The highest BCUT2D eigenvalue weighted by molar-refractivity contribution is 7.15. The van der Waals surface area contributed by atoms with Crippen molar-refractivity contribution in [1.82, 2.24) is 19.6 Å². The van der Waals surface area contributed by atoms with Crippen molar-refractivity contribution in [3.8, 4) is 0 Å². The lowest BCUT2D eigenvalue weighted by Crippen LogP contribution is -2.16. The molecule has 0 aliphatic rings. The van der Waals surface area contributed by atoms with Crippen molar-refractivity contribution in [1.29, 1.82) is 0 Å². The van der Waals surface area contributed by atoms with Crippen LogP contribution in [0.2, 0.25) is 0 Å². The molecule has 1 unspecified atom stereocenters. The second-order valence-electron chi connectivity index (χ2n) is 4.66. The molecule has 0 aromatic carbocycles. The third kappa shape index (κ3) is 2.36. The quantitative estimate of drug-likeness (QED) is 0.793. The second-order valence-corrected chi connectivity index (χ2v) is 5.54. The molecule has 0 fully saturated rings. The maximum absolute atomic E-state index is 6.27. The molecule has 3 aromatic rings. The van der Waals surface area contributed by atoms with Gasteiger partial charge >= 0.3 is 0 Å². The molecule has 6 heteroatoms. The van der Waals surface area contributed by atoms with E-state index in [1.54, 1.807) is 11.3 Å². The number of hydrogen-bond acceptors (Lipinski definition) is 5. The van der Waals surface area contributed by atoms with Gasteiger partial charge in [-0.25, -0.2) is 4.98 Å². The molecular weight excluding hydrogens is 258 g/mol. The molecule has 0 aliphatic carbocycles. The van der Waals surface area contributed by atoms with Crippen molar-refractivity contribution >= 4 is 16.3 Å². The smallest absolute Gasteiger partial charge is 0.193 e. The Morgan fingerprint density at radius 3 is 3.00 bits per heavy atom. The van der Waals surface area contributed by atoms with Gasteiger partial charge in [-0.05, 0) is 25.5 Å². The number of rotatable bonds is 3. The SMILES string of the molecule is Cc1cc(C(N)Cc2cn3ccsc3n2)c(C)nn1. The van der Waals surface area contributed by atoms with E-state index in [1.807, 2.05) is 42.1 Å². The molecule has 98 valence electrons. The molecule has 19 heavy (non-hydrogen) atoms. The standard InChI is InChI=1S/C13H15N5S/c1-8-5-11(9(2)17-16-8)12(14)6-10-7-18-3-4-19-13(18)15-10/h3-5,7,12H,6,14H2,1-2H3. The molecule has 2 N–H and O–H groups in total. The van der Waals surface area contributed by atoms with Crippen LogP contribution in [0, 0.1) is 13.8 Å². The fourth-order valence-electron chi connectivity index (χ4n) is 2.16. The maximum atomic E-state index is 6.27. The molecular formula is C13H15N5S. The minimum absolute atomic E-state index is 0.0983. The van der Waals surface area contributed by atoms with Gasteiger partial charge in [0.15, 0.2) is 4.96 Å². The summed E-state index contributed by atoms with van der Waals surface area (Å²) in [7, 11) is 0. The van der Waals surface area contributed by atoms with Gasteiger partial charge in [0, 0.05) is 30.2 Å². The van der Waals surface area contributed by atoms with Crippen LogP contribution in [0.1, 0.15) is 28.7 Å². The van der Waals surface area contributed by atoms with Gasteiger partial charge in [0.2, 0.25) is 0 Å². The predicted octanol–water partition coefficient (Wildman–Crippen LogP) is 2.05. The molecule has 3 aromatic heterocycles. The summed E-state index contributed by atoms with van der Waals surface area (Å²) in [5, 5.41) is 10.2. The molecule has 0 radical (unpaired) electrons. The van der Waals surface area contributed by atoms with Gasteiger partial charge in [-0.2, -0.15) is 10.2 Å². The molecule has 0 amide bonds. The first-order valence-electron chi connectivity index (χ1n) is 6.11. The number of nitrogens with two attached hydrogens (primary N) is 1. The normalized spacial score (nSPS) is 13.0. The monoisotopic (exact) mass is 273 g/mol. The van der Waals surface area contributed by atoms with Crippen LogP contribution in [0.5, 0.6) is 0 Å². The van der Waals surface area contributed by atoms with Crippen molar-refractivity contribution in [2.45, 2.75) is 26.3 Å². The first-order valence-corrected chi connectivity index (χ1v) is 6.99. The molecule has 0 spiro atoms. The lowest BCUT2D eigenvalue weighted by atomic mass is 10.0. The van der Waals surface area contributed by atoms with E-state index in [0.717, 1.165) is 27.6 Å². The van der Waals surface area contributed by atoms with Gasteiger partial charge < -0.3 is 5.73 Å². The van der Waals surface area contributed by atoms with E-state index in [2.05, 4.69) is 15.2 Å². The fourth-order valence-corrected chi connectivity index (χ4v) is 2.87. The summed E-state index contributed by atoms with van der Waals surface area (Å²) in [4.78, 5) is 5.56. The summed E-state index contributed by atoms with van der Waals surface area (Å²) < 4.78 is 2.02. The number of thiazole rings is 1. The summed E-state index contributed by atoms with van der Waals surface area (Å²) in [5.74, 6) is 0. The predicted molar refractivity (Wildman–Crippen MR) is 75.2 cm³/mol. The van der Waals surface area contributed by atoms with Crippen molar-refractivity contribution in [3.63, 3.8) is 0 Å². The number of hydrogen-bond donors (Lipinski definition) is 1. The zero-order valence-electron chi connectivity index (χ0n) is 10.9. The second kappa shape index (κ2) is 4.71. The molecule has 3 rings (SSSR count). The van der Waals surface area contributed by atoms with Gasteiger partial charge in [-0.15, -0.1) is 11.3 Å². The number of aromatic nitrogens is 4. The van der Waals surface area contributed by atoms with E-state index < -0.39 is 0 Å². The average Bonchev–Trinajstić information content (AvgIpc) is 2.92.